The van der Waals surface area contributed by atoms with Crippen LogP contribution in [0.15, 0.2) is 18.2 Å². The van der Waals surface area contributed by atoms with Crippen molar-refractivity contribution in [2.24, 2.45) is 0 Å². The number of hydrogen-bond donors (Lipinski definition) is 3. The van der Waals surface area contributed by atoms with Gasteiger partial charge >= 0.3 is 6.09 Å². The molecule has 3 N–H and O–H groups in total. The minimum absolute atomic E-state index is 0.0600. The van der Waals surface area contributed by atoms with Crippen LogP contribution in [0.3, 0.4) is 0 Å². The number of unbranched alkanes of at least 4 members (excludes halogenated alkanes) is 4. The van der Waals surface area contributed by atoms with Gasteiger partial charge in [0.15, 0.2) is 0 Å². The van der Waals surface area contributed by atoms with Gasteiger partial charge in [0, 0.05) is 12.6 Å². The van der Waals surface area contributed by atoms with Gasteiger partial charge in [-0.1, -0.05) is 69.7 Å². The molecule has 0 aliphatic heterocycles. The number of ether oxygens (including phenoxy) is 1. The molecule has 216 valence electrons. The van der Waals surface area contributed by atoms with Gasteiger partial charge in [0.05, 0.1) is 6.61 Å². The summed E-state index contributed by atoms with van der Waals surface area (Å²) in [6.07, 6.45) is 5.78. The third-order valence-corrected chi connectivity index (χ3v) is 6.36. The van der Waals surface area contributed by atoms with Crippen LogP contribution in [0.1, 0.15) is 109 Å². The normalized spacial score (nSPS) is 13.8. The van der Waals surface area contributed by atoms with Crippen molar-refractivity contribution in [3.8, 4) is 0 Å². The van der Waals surface area contributed by atoms with Crippen molar-refractivity contribution in [1.29, 1.82) is 0 Å². The number of carbonyl (C=O) groups excluding carboxylic acids is 3. The molecule has 3 amide bonds. The van der Waals surface area contributed by atoms with Crippen LogP contribution in [0.5, 0.6) is 0 Å². The molecular formula is C30H51N3O5. The Hall–Kier alpha value is -2.61. The highest BCUT2D eigenvalue weighted by Gasteiger charge is 2.37. The second kappa shape index (κ2) is 16.4. The number of hydrogen-bond acceptors (Lipinski definition) is 5. The number of nitrogens with zero attached hydrogens (tertiary/aromatic N) is 1. The Morgan fingerprint density at radius 1 is 1.00 bits per heavy atom. The molecule has 0 aliphatic rings. The van der Waals surface area contributed by atoms with E-state index in [1.54, 1.807) is 20.8 Å². The Bertz CT molecular complexity index is 896. The maximum atomic E-state index is 13.9. The van der Waals surface area contributed by atoms with Gasteiger partial charge in [-0.05, 0) is 65.5 Å². The van der Waals surface area contributed by atoms with Crippen LogP contribution in [0.25, 0.3) is 0 Å². The Kier molecular flexibility index (Phi) is 14.4. The molecule has 38 heavy (non-hydrogen) atoms. The SMILES string of the molecule is CCCCCCCN(C(=O)C(CO)NC(=O)OC(C)(C)C)C(C(=O)NC(C)CCC)c1cc(C)ccc1C. The summed E-state index contributed by atoms with van der Waals surface area (Å²) >= 11 is 0. The van der Waals surface area contributed by atoms with Crippen LogP contribution in [-0.2, 0) is 14.3 Å². The van der Waals surface area contributed by atoms with Gasteiger partial charge in [-0.3, -0.25) is 9.59 Å². The van der Waals surface area contributed by atoms with Gasteiger partial charge in [-0.15, -0.1) is 0 Å². The van der Waals surface area contributed by atoms with E-state index in [2.05, 4.69) is 24.5 Å². The molecule has 1 aromatic rings. The average molecular weight is 534 g/mol. The second-order valence-electron chi connectivity index (χ2n) is 11.3. The first kappa shape index (κ1) is 33.4. The molecule has 0 saturated carbocycles. The highest BCUT2D eigenvalue weighted by molar-refractivity contribution is 5.92. The van der Waals surface area contributed by atoms with Crippen molar-refractivity contribution in [3.05, 3.63) is 34.9 Å². The summed E-state index contributed by atoms with van der Waals surface area (Å²) in [7, 11) is 0. The molecular weight excluding hydrogens is 482 g/mol. The zero-order chi connectivity index (χ0) is 28.9. The fourth-order valence-corrected chi connectivity index (χ4v) is 4.42. The topological polar surface area (TPSA) is 108 Å². The van der Waals surface area contributed by atoms with E-state index < -0.39 is 36.3 Å². The maximum Gasteiger partial charge on any atom is 0.408 e. The lowest BCUT2D eigenvalue weighted by atomic mass is 9.95. The van der Waals surface area contributed by atoms with Gasteiger partial charge < -0.3 is 25.4 Å². The van der Waals surface area contributed by atoms with Gasteiger partial charge in [0.2, 0.25) is 11.8 Å². The smallest absolute Gasteiger partial charge is 0.408 e. The van der Waals surface area contributed by atoms with Crippen molar-refractivity contribution in [3.63, 3.8) is 0 Å². The summed E-state index contributed by atoms with van der Waals surface area (Å²) in [5, 5.41) is 15.7. The summed E-state index contributed by atoms with van der Waals surface area (Å²) in [6.45, 7) is 14.9. The Labute approximate surface area is 229 Å². The molecule has 3 unspecified atom stereocenters. The Balaban J connectivity index is 3.47. The number of benzene rings is 1. The molecule has 1 aromatic carbocycles. The van der Waals surface area contributed by atoms with E-state index in [-0.39, 0.29) is 11.9 Å². The first-order chi connectivity index (χ1) is 17.8. The van der Waals surface area contributed by atoms with Crippen molar-refractivity contribution in [1.82, 2.24) is 15.5 Å². The molecule has 0 radical (unpaired) electrons. The predicted molar refractivity (Wildman–Crippen MR) is 152 cm³/mol. The van der Waals surface area contributed by atoms with Crippen LogP contribution in [0.2, 0.25) is 0 Å². The number of rotatable bonds is 15. The molecule has 1 rings (SSSR count). The lowest BCUT2D eigenvalue weighted by Gasteiger charge is -2.35. The molecule has 0 bridgehead atoms. The molecule has 0 aliphatic carbocycles. The van der Waals surface area contributed by atoms with E-state index in [0.717, 1.165) is 55.2 Å². The number of nitrogens with one attached hydrogen (secondary N) is 2. The zero-order valence-electron chi connectivity index (χ0n) is 24.9. The number of carbonyl (C=O) groups is 3. The molecule has 0 aromatic heterocycles. The molecule has 8 nitrogen and oxygen atoms in total. The van der Waals surface area contributed by atoms with Gasteiger partial charge in [0.25, 0.3) is 0 Å². The first-order valence-corrected chi connectivity index (χ1v) is 14.1. The van der Waals surface area contributed by atoms with Crippen LogP contribution in [-0.4, -0.2) is 58.8 Å². The summed E-state index contributed by atoms with van der Waals surface area (Å²) in [6, 6.07) is 3.67. The van der Waals surface area contributed by atoms with Crippen molar-refractivity contribution in [2.75, 3.05) is 13.2 Å². The summed E-state index contributed by atoms with van der Waals surface area (Å²) in [5.74, 6) is -0.784. The lowest BCUT2D eigenvalue weighted by molar-refractivity contribution is -0.143. The highest BCUT2D eigenvalue weighted by Crippen LogP contribution is 2.28. The molecule has 0 saturated heterocycles. The van der Waals surface area contributed by atoms with Gasteiger partial charge in [-0.25, -0.2) is 4.79 Å². The molecule has 0 heterocycles. The van der Waals surface area contributed by atoms with Crippen LogP contribution in [0.4, 0.5) is 4.79 Å². The summed E-state index contributed by atoms with van der Waals surface area (Å²) in [5.41, 5.74) is 1.85. The summed E-state index contributed by atoms with van der Waals surface area (Å²) < 4.78 is 5.32. The minimum Gasteiger partial charge on any atom is -0.444 e. The van der Waals surface area contributed by atoms with Crippen molar-refractivity contribution >= 4 is 17.9 Å². The Morgan fingerprint density at radius 2 is 1.66 bits per heavy atom. The van der Waals surface area contributed by atoms with Crippen molar-refractivity contribution in [2.45, 2.75) is 124 Å². The number of aliphatic hydroxyl groups excluding tert-OH is 1. The number of aryl methyl sites for hydroxylation is 2. The van der Waals surface area contributed by atoms with Crippen molar-refractivity contribution < 1.29 is 24.2 Å². The van der Waals surface area contributed by atoms with Crippen LogP contribution in [0, 0.1) is 13.8 Å². The minimum atomic E-state index is -1.24. The van der Waals surface area contributed by atoms with Gasteiger partial charge in [-0.2, -0.15) is 0 Å². The van der Waals surface area contributed by atoms with Crippen LogP contribution >= 0.6 is 0 Å². The monoisotopic (exact) mass is 533 g/mol. The average Bonchev–Trinajstić information content (AvgIpc) is 2.82. The fraction of sp³-hybridized carbons (Fsp3) is 0.700. The quantitative estimate of drug-likeness (QED) is 0.264. The molecule has 3 atom stereocenters. The number of alkyl carbamates (subject to hydrolysis) is 1. The van der Waals surface area contributed by atoms with E-state index in [4.69, 9.17) is 4.74 Å². The van der Waals surface area contributed by atoms with Crippen LogP contribution < -0.4 is 10.6 Å². The number of aliphatic hydroxyl groups is 1. The summed E-state index contributed by atoms with van der Waals surface area (Å²) in [4.78, 5) is 41.8. The van der Waals surface area contributed by atoms with E-state index in [1.807, 2.05) is 39.0 Å². The lowest BCUT2D eigenvalue weighted by Crippen LogP contribution is -2.55. The molecule has 0 fully saturated rings. The maximum absolute atomic E-state index is 13.9. The molecule has 8 heteroatoms. The fourth-order valence-electron chi connectivity index (χ4n) is 4.42. The highest BCUT2D eigenvalue weighted by atomic mass is 16.6. The van der Waals surface area contributed by atoms with E-state index in [9.17, 15) is 19.5 Å². The van der Waals surface area contributed by atoms with E-state index >= 15 is 0 Å². The van der Waals surface area contributed by atoms with Gasteiger partial charge in [0.1, 0.15) is 17.7 Å². The van der Waals surface area contributed by atoms with E-state index in [1.165, 1.54) is 4.90 Å². The first-order valence-electron chi connectivity index (χ1n) is 14.1. The second-order valence-corrected chi connectivity index (χ2v) is 11.3. The third-order valence-electron chi connectivity index (χ3n) is 6.36. The Morgan fingerprint density at radius 3 is 2.24 bits per heavy atom. The third kappa shape index (κ3) is 11.4. The standard InChI is InChI=1S/C30H51N3O5/c1-9-11-12-13-14-18-33(28(36)25(20-34)32-29(37)38-30(6,7)8)26(27(35)31-23(5)15-10-2)24-19-21(3)16-17-22(24)4/h16-17,19,23,25-26,34H,9-15,18,20H2,1-8H3,(H,31,35)(H,32,37). The number of amides is 3. The van der Waals surface area contributed by atoms with E-state index in [0.29, 0.717) is 13.0 Å². The predicted octanol–water partition coefficient (Wildman–Crippen LogP) is 5.33. The molecule has 0 spiro atoms. The zero-order valence-corrected chi connectivity index (χ0v) is 24.9. The largest absolute Gasteiger partial charge is 0.444 e.